The van der Waals surface area contributed by atoms with E-state index in [1.165, 1.54) is 48.5 Å². The van der Waals surface area contributed by atoms with Gasteiger partial charge in [0.1, 0.15) is 63.2 Å². The maximum absolute atomic E-state index is 14.0. The number of aliphatic hydroxyl groups is 1. The highest BCUT2D eigenvalue weighted by Gasteiger charge is 2.53. The number of carbonyl (C=O) groups excluding carboxylic acids is 2. The van der Waals surface area contributed by atoms with E-state index < -0.39 is 64.4 Å². The van der Waals surface area contributed by atoms with Gasteiger partial charge in [-0.25, -0.2) is 0 Å². The highest BCUT2D eigenvalue weighted by molar-refractivity contribution is 6.12. The minimum absolute atomic E-state index is 0.0412. The Balaban J connectivity index is 1.53. The first-order valence-corrected chi connectivity index (χ1v) is 12.4. The zero-order valence-corrected chi connectivity index (χ0v) is 21.0. The molecule has 6 rings (SSSR count). The number of phenols is 6. The first-order valence-electron chi connectivity index (χ1n) is 12.4. The maximum Gasteiger partial charge on any atom is 0.277 e. The number of phenolic OH excluding ortho intramolecular Hbond substituents is 6. The Morgan fingerprint density at radius 3 is 1.98 bits per heavy atom. The van der Waals surface area contributed by atoms with Crippen LogP contribution in [0.3, 0.4) is 0 Å². The number of fused-ring (bicyclic) bond motifs is 2. The highest BCUT2D eigenvalue weighted by atomic mass is 16.6. The lowest BCUT2D eigenvalue weighted by Crippen LogP contribution is -2.42. The minimum Gasteiger partial charge on any atom is -0.508 e. The molecule has 4 aromatic carbocycles. The molecular weight excluding hydrogens is 536 g/mol. The van der Waals surface area contributed by atoms with Crippen molar-refractivity contribution in [2.45, 2.75) is 24.2 Å². The van der Waals surface area contributed by atoms with Gasteiger partial charge in [0, 0.05) is 24.6 Å². The second-order valence-corrected chi connectivity index (χ2v) is 9.90. The molecule has 0 amide bonds. The number of ketones is 2. The Labute approximate surface area is 231 Å². The Hall–Kier alpha value is -5.42. The molecule has 4 aromatic rings. The third kappa shape index (κ3) is 4.10. The summed E-state index contributed by atoms with van der Waals surface area (Å²) in [6, 6.07) is 14.1. The summed E-state index contributed by atoms with van der Waals surface area (Å²) in [6.07, 6.45) is -1.65. The van der Waals surface area contributed by atoms with E-state index in [0.717, 1.165) is 18.2 Å². The molecule has 41 heavy (non-hydrogen) atoms. The second kappa shape index (κ2) is 9.07. The quantitative estimate of drug-likeness (QED) is 0.194. The van der Waals surface area contributed by atoms with Crippen LogP contribution in [0.5, 0.6) is 46.0 Å². The Morgan fingerprint density at radius 2 is 1.32 bits per heavy atom. The van der Waals surface area contributed by atoms with Crippen LogP contribution >= 0.6 is 0 Å². The molecule has 0 spiro atoms. The average Bonchev–Trinajstić information content (AvgIpc) is 3.16. The van der Waals surface area contributed by atoms with Crippen molar-refractivity contribution in [2.75, 3.05) is 0 Å². The molecule has 0 saturated carbocycles. The van der Waals surface area contributed by atoms with Crippen LogP contribution in [-0.2, 0) is 6.42 Å². The maximum atomic E-state index is 14.0. The number of aromatic hydroxyl groups is 6. The topological polar surface area (TPSA) is 194 Å². The summed E-state index contributed by atoms with van der Waals surface area (Å²) in [5.41, 5.74) is -0.354. The van der Waals surface area contributed by atoms with Crippen molar-refractivity contribution < 1.29 is 54.8 Å². The van der Waals surface area contributed by atoms with Gasteiger partial charge in [0.25, 0.3) is 5.79 Å². The summed E-state index contributed by atoms with van der Waals surface area (Å²) in [5.74, 6) is -8.93. The Morgan fingerprint density at radius 1 is 0.707 bits per heavy atom. The van der Waals surface area contributed by atoms with Crippen LogP contribution in [0.2, 0.25) is 0 Å². The van der Waals surface area contributed by atoms with E-state index in [1.54, 1.807) is 0 Å². The summed E-state index contributed by atoms with van der Waals surface area (Å²) in [5, 5.41) is 72.9. The van der Waals surface area contributed by atoms with Crippen LogP contribution in [0.15, 0.2) is 66.7 Å². The molecule has 2 heterocycles. The van der Waals surface area contributed by atoms with Gasteiger partial charge in [0.15, 0.2) is 5.78 Å². The third-order valence-electron chi connectivity index (χ3n) is 7.19. The molecule has 11 nitrogen and oxygen atoms in total. The summed E-state index contributed by atoms with van der Waals surface area (Å²) < 4.78 is 11.8. The fourth-order valence-electron chi connectivity index (χ4n) is 5.32. The van der Waals surface area contributed by atoms with Crippen LogP contribution < -0.4 is 9.47 Å². The van der Waals surface area contributed by atoms with E-state index in [9.17, 15) is 45.3 Å². The predicted molar refractivity (Wildman–Crippen MR) is 140 cm³/mol. The molecule has 2 aliphatic rings. The summed E-state index contributed by atoms with van der Waals surface area (Å²) in [7, 11) is 0. The largest absolute Gasteiger partial charge is 0.508 e. The van der Waals surface area contributed by atoms with Gasteiger partial charge in [-0.15, -0.1) is 0 Å². The van der Waals surface area contributed by atoms with E-state index in [0.29, 0.717) is 11.1 Å². The average molecular weight is 558 g/mol. The molecule has 0 unspecified atom stereocenters. The fourth-order valence-corrected chi connectivity index (χ4v) is 5.32. The smallest absolute Gasteiger partial charge is 0.277 e. The zero-order valence-electron chi connectivity index (χ0n) is 21.0. The van der Waals surface area contributed by atoms with Crippen molar-refractivity contribution in [3.8, 4) is 46.0 Å². The monoisotopic (exact) mass is 558 g/mol. The second-order valence-electron chi connectivity index (χ2n) is 9.90. The number of hydrogen-bond acceptors (Lipinski definition) is 11. The summed E-state index contributed by atoms with van der Waals surface area (Å²) >= 11 is 0. The fraction of sp³-hybridized carbons (Fsp3) is 0.133. The van der Waals surface area contributed by atoms with Gasteiger partial charge < -0.3 is 45.2 Å². The standard InChI is InChI=1S/C30H22O11/c31-15-5-1-13(2-6-15)12-30(39)29(38)24-20(36)11-19(35)23(28(24)41-30)25-26(37)22-18(34)9-17(33)10-21(22)40-27(25)14-3-7-16(32)8-4-14/h1-11,25,27,31-36,39H,12H2/t25-,27-,30-/m0/s1. The van der Waals surface area contributed by atoms with Crippen LogP contribution in [0.4, 0.5) is 0 Å². The number of ether oxygens (including phenoxy) is 2. The van der Waals surface area contributed by atoms with Crippen LogP contribution in [0, 0.1) is 0 Å². The predicted octanol–water partition coefficient (Wildman–Crippen LogP) is 3.53. The molecule has 7 N–H and O–H groups in total. The zero-order chi connectivity index (χ0) is 29.2. The number of benzene rings is 4. The van der Waals surface area contributed by atoms with E-state index in [1.807, 2.05) is 0 Å². The molecule has 0 bridgehead atoms. The van der Waals surface area contributed by atoms with Crippen molar-refractivity contribution in [1.29, 1.82) is 0 Å². The molecule has 11 heteroatoms. The van der Waals surface area contributed by atoms with Crippen LogP contribution in [-0.4, -0.2) is 53.1 Å². The molecule has 208 valence electrons. The molecule has 3 atom stereocenters. The number of carbonyl (C=O) groups is 2. The van der Waals surface area contributed by atoms with Crippen molar-refractivity contribution in [3.63, 3.8) is 0 Å². The first-order chi connectivity index (χ1) is 19.5. The van der Waals surface area contributed by atoms with Gasteiger partial charge >= 0.3 is 0 Å². The van der Waals surface area contributed by atoms with Crippen molar-refractivity contribution in [2.24, 2.45) is 0 Å². The lowest BCUT2D eigenvalue weighted by atomic mass is 9.79. The number of rotatable bonds is 4. The van der Waals surface area contributed by atoms with E-state index in [2.05, 4.69) is 0 Å². The van der Waals surface area contributed by atoms with Crippen molar-refractivity contribution in [3.05, 3.63) is 94.5 Å². The van der Waals surface area contributed by atoms with Crippen LogP contribution in [0.25, 0.3) is 0 Å². The lowest BCUT2D eigenvalue weighted by molar-refractivity contribution is -0.0895. The molecular formula is C30H22O11. The third-order valence-corrected chi connectivity index (χ3v) is 7.19. The SMILES string of the molecule is O=C1c2c(O)cc(O)cc2O[C@@H](c2ccc(O)cc2)[C@H]1c1c(O)cc(O)c2c1O[C@@](O)(Cc1ccc(O)cc1)C2=O. The van der Waals surface area contributed by atoms with Gasteiger partial charge in [0.05, 0.1) is 11.5 Å². The summed E-state index contributed by atoms with van der Waals surface area (Å²) in [6.45, 7) is 0. The van der Waals surface area contributed by atoms with Crippen molar-refractivity contribution in [1.82, 2.24) is 0 Å². The number of hydrogen-bond donors (Lipinski definition) is 7. The lowest BCUT2D eigenvalue weighted by Gasteiger charge is -2.34. The molecule has 0 saturated heterocycles. The van der Waals surface area contributed by atoms with Gasteiger partial charge in [-0.3, -0.25) is 9.59 Å². The van der Waals surface area contributed by atoms with Gasteiger partial charge in [-0.2, -0.15) is 0 Å². The molecule has 0 fully saturated rings. The number of Topliss-reactive ketones (excluding diaryl/α,β-unsaturated/α-hetero) is 2. The van der Waals surface area contributed by atoms with Gasteiger partial charge in [-0.1, -0.05) is 24.3 Å². The first kappa shape index (κ1) is 25.8. The van der Waals surface area contributed by atoms with Gasteiger partial charge in [0.2, 0.25) is 5.78 Å². The molecule has 0 aliphatic carbocycles. The normalized spacial score (nSPS) is 21.1. The summed E-state index contributed by atoms with van der Waals surface area (Å²) in [4.78, 5) is 27.5. The van der Waals surface area contributed by atoms with Crippen LogP contribution in [0.1, 0.15) is 49.4 Å². The van der Waals surface area contributed by atoms with Gasteiger partial charge in [-0.05, 0) is 35.4 Å². The molecule has 0 radical (unpaired) electrons. The van der Waals surface area contributed by atoms with E-state index in [-0.39, 0.29) is 34.1 Å². The van der Waals surface area contributed by atoms with E-state index >= 15 is 0 Å². The van der Waals surface area contributed by atoms with E-state index in [4.69, 9.17) is 9.47 Å². The minimum atomic E-state index is -2.54. The Kier molecular flexibility index (Phi) is 5.71. The highest BCUT2D eigenvalue weighted by Crippen LogP contribution is 2.56. The Bertz CT molecular complexity index is 1730. The molecule has 0 aromatic heterocycles. The molecule has 2 aliphatic heterocycles. The van der Waals surface area contributed by atoms with Crippen molar-refractivity contribution >= 4 is 11.6 Å².